The molecule has 0 aromatic carbocycles. The molecule has 0 fully saturated rings. The Kier molecular flexibility index (Phi) is 10.4. The fourth-order valence-electron chi connectivity index (χ4n) is 1.29. The van der Waals surface area contributed by atoms with Crippen LogP contribution in [0.5, 0.6) is 0 Å². The van der Waals surface area contributed by atoms with E-state index in [9.17, 15) is 4.79 Å². The van der Waals surface area contributed by atoms with Gasteiger partial charge in [-0.1, -0.05) is 45.8 Å². The molecular weight excluding hydrogens is 198 g/mol. The van der Waals surface area contributed by atoms with E-state index in [-0.39, 0.29) is 11.8 Å². The number of allylic oxidation sites excluding steroid dienone is 2. The number of carbonyl (C=O) groups excluding carboxylic acids is 1. The van der Waals surface area contributed by atoms with Gasteiger partial charge in [0.1, 0.15) is 0 Å². The zero-order chi connectivity index (χ0) is 13.3. The molecule has 0 saturated heterocycles. The van der Waals surface area contributed by atoms with Crippen molar-refractivity contribution in [3.05, 3.63) is 11.1 Å². The standard InChI is InChI=1S/C8H16.C6H13NO/c1-5-8(6-2)7(3)4;1-4(2)5(3)6(7)8/h5-6H2,1-4H3;4-5H,1-3H3,(H2,7,8)/t;5-/m.0/s1. The van der Waals surface area contributed by atoms with Crippen molar-refractivity contribution in [2.75, 3.05) is 0 Å². The van der Waals surface area contributed by atoms with E-state index < -0.39 is 0 Å². The van der Waals surface area contributed by atoms with Gasteiger partial charge in [0, 0.05) is 5.92 Å². The van der Waals surface area contributed by atoms with Gasteiger partial charge in [-0.05, 0) is 32.6 Å². The van der Waals surface area contributed by atoms with E-state index in [1.165, 1.54) is 18.4 Å². The molecule has 0 radical (unpaired) electrons. The predicted molar refractivity (Wildman–Crippen MR) is 72.2 cm³/mol. The van der Waals surface area contributed by atoms with Crippen LogP contribution in [0.1, 0.15) is 61.3 Å². The molecular formula is C14H29NO. The number of rotatable bonds is 4. The monoisotopic (exact) mass is 227 g/mol. The first-order valence-corrected chi connectivity index (χ1v) is 6.22. The highest BCUT2D eigenvalue weighted by Gasteiger charge is 2.11. The quantitative estimate of drug-likeness (QED) is 0.727. The summed E-state index contributed by atoms with van der Waals surface area (Å²) in [5, 5.41) is 0. The molecule has 0 bridgehead atoms. The van der Waals surface area contributed by atoms with Crippen LogP contribution in [0.15, 0.2) is 11.1 Å². The highest BCUT2D eigenvalue weighted by molar-refractivity contribution is 5.76. The van der Waals surface area contributed by atoms with Crippen LogP contribution in [0.3, 0.4) is 0 Å². The Morgan fingerprint density at radius 3 is 1.44 bits per heavy atom. The van der Waals surface area contributed by atoms with Crippen molar-refractivity contribution >= 4 is 5.91 Å². The van der Waals surface area contributed by atoms with E-state index in [1.807, 2.05) is 20.8 Å². The Morgan fingerprint density at radius 1 is 1.06 bits per heavy atom. The van der Waals surface area contributed by atoms with Gasteiger partial charge in [0.2, 0.25) is 5.91 Å². The molecule has 0 aliphatic heterocycles. The van der Waals surface area contributed by atoms with Crippen molar-refractivity contribution in [1.29, 1.82) is 0 Å². The summed E-state index contributed by atoms with van der Waals surface area (Å²) in [7, 11) is 0. The first kappa shape index (κ1) is 17.6. The van der Waals surface area contributed by atoms with E-state index in [0.29, 0.717) is 5.92 Å². The maximum Gasteiger partial charge on any atom is 0.220 e. The van der Waals surface area contributed by atoms with Crippen LogP contribution >= 0.6 is 0 Å². The maximum absolute atomic E-state index is 10.4. The molecule has 16 heavy (non-hydrogen) atoms. The van der Waals surface area contributed by atoms with Crippen LogP contribution in [0, 0.1) is 11.8 Å². The third-order valence-electron chi connectivity index (χ3n) is 3.01. The first-order chi connectivity index (χ1) is 7.27. The van der Waals surface area contributed by atoms with Crippen LogP contribution in [0.25, 0.3) is 0 Å². The van der Waals surface area contributed by atoms with E-state index in [4.69, 9.17) is 5.73 Å². The molecule has 2 nitrogen and oxygen atoms in total. The summed E-state index contributed by atoms with van der Waals surface area (Å²) < 4.78 is 0. The molecule has 1 amide bonds. The second-order valence-electron chi connectivity index (χ2n) is 4.75. The third-order valence-corrected chi connectivity index (χ3v) is 3.01. The molecule has 0 aliphatic carbocycles. The molecule has 0 aromatic heterocycles. The predicted octanol–water partition coefficient (Wildman–Crippen LogP) is 3.91. The summed E-state index contributed by atoms with van der Waals surface area (Å²) >= 11 is 0. The molecule has 96 valence electrons. The molecule has 2 N–H and O–H groups in total. The fourth-order valence-corrected chi connectivity index (χ4v) is 1.29. The minimum Gasteiger partial charge on any atom is -0.369 e. The summed E-state index contributed by atoms with van der Waals surface area (Å²) in [5.74, 6) is 0.169. The maximum atomic E-state index is 10.4. The summed E-state index contributed by atoms with van der Waals surface area (Å²) in [5.41, 5.74) is 8.10. The number of hydrogen-bond acceptors (Lipinski definition) is 1. The second kappa shape index (κ2) is 9.44. The average Bonchev–Trinajstić information content (AvgIpc) is 2.18. The van der Waals surface area contributed by atoms with Gasteiger partial charge >= 0.3 is 0 Å². The minimum atomic E-state index is -0.208. The van der Waals surface area contributed by atoms with Gasteiger partial charge in [-0.3, -0.25) is 4.79 Å². The molecule has 0 rings (SSSR count). The van der Waals surface area contributed by atoms with Gasteiger partial charge in [-0.15, -0.1) is 0 Å². The molecule has 0 unspecified atom stereocenters. The van der Waals surface area contributed by atoms with Gasteiger partial charge in [0.25, 0.3) is 0 Å². The highest BCUT2D eigenvalue weighted by Crippen LogP contribution is 2.10. The second-order valence-corrected chi connectivity index (χ2v) is 4.75. The molecule has 0 saturated carbocycles. The zero-order valence-electron chi connectivity index (χ0n) is 12.1. The van der Waals surface area contributed by atoms with E-state index in [1.54, 1.807) is 5.57 Å². The molecule has 2 heteroatoms. The molecule has 1 atom stereocenters. The van der Waals surface area contributed by atoms with Crippen LogP contribution in [-0.4, -0.2) is 5.91 Å². The number of amides is 1. The topological polar surface area (TPSA) is 43.1 Å². The van der Waals surface area contributed by atoms with Crippen molar-refractivity contribution in [3.63, 3.8) is 0 Å². The van der Waals surface area contributed by atoms with Gasteiger partial charge in [-0.25, -0.2) is 0 Å². The van der Waals surface area contributed by atoms with E-state index >= 15 is 0 Å². The Bertz CT molecular complexity index is 219. The molecule has 0 aromatic rings. The van der Waals surface area contributed by atoms with Gasteiger partial charge in [0.15, 0.2) is 0 Å². The van der Waals surface area contributed by atoms with Crippen LogP contribution in [-0.2, 0) is 4.79 Å². The molecule has 0 spiro atoms. The van der Waals surface area contributed by atoms with Gasteiger partial charge in [0.05, 0.1) is 0 Å². The van der Waals surface area contributed by atoms with Crippen molar-refractivity contribution in [3.8, 4) is 0 Å². The molecule has 0 heterocycles. The van der Waals surface area contributed by atoms with Crippen molar-refractivity contribution in [2.24, 2.45) is 17.6 Å². The summed E-state index contributed by atoms with van der Waals surface area (Å²) in [6.45, 7) is 14.6. The van der Waals surface area contributed by atoms with E-state index in [2.05, 4.69) is 27.7 Å². The lowest BCUT2D eigenvalue weighted by molar-refractivity contribution is -0.122. The van der Waals surface area contributed by atoms with Crippen molar-refractivity contribution < 1.29 is 4.79 Å². The van der Waals surface area contributed by atoms with Gasteiger partial charge in [-0.2, -0.15) is 0 Å². The number of carbonyl (C=O) groups is 1. The number of nitrogens with two attached hydrogens (primary N) is 1. The Morgan fingerprint density at radius 2 is 1.44 bits per heavy atom. The highest BCUT2D eigenvalue weighted by atomic mass is 16.1. The third kappa shape index (κ3) is 8.51. The number of primary amides is 1. The average molecular weight is 227 g/mol. The summed E-state index contributed by atoms with van der Waals surface area (Å²) in [4.78, 5) is 10.4. The van der Waals surface area contributed by atoms with Crippen molar-refractivity contribution in [1.82, 2.24) is 0 Å². The first-order valence-electron chi connectivity index (χ1n) is 6.22. The zero-order valence-corrected chi connectivity index (χ0v) is 12.1. The van der Waals surface area contributed by atoms with Crippen molar-refractivity contribution in [2.45, 2.75) is 61.3 Å². The SMILES string of the molecule is CC(C)[C@H](C)C(N)=O.CCC(CC)=C(C)C. The lowest BCUT2D eigenvalue weighted by Crippen LogP contribution is -2.24. The Hall–Kier alpha value is -0.790. The lowest BCUT2D eigenvalue weighted by Gasteiger charge is -2.09. The summed E-state index contributed by atoms with van der Waals surface area (Å²) in [6.07, 6.45) is 2.44. The smallest absolute Gasteiger partial charge is 0.220 e. The fraction of sp³-hybridized carbons (Fsp3) is 0.786. The van der Waals surface area contributed by atoms with Crippen LogP contribution in [0.2, 0.25) is 0 Å². The van der Waals surface area contributed by atoms with Crippen LogP contribution < -0.4 is 5.73 Å². The Labute approximate surface area is 101 Å². The summed E-state index contributed by atoms with van der Waals surface area (Å²) in [6, 6.07) is 0. The van der Waals surface area contributed by atoms with E-state index in [0.717, 1.165) is 0 Å². The van der Waals surface area contributed by atoms with Crippen LogP contribution in [0.4, 0.5) is 0 Å². The molecule has 0 aliphatic rings. The lowest BCUT2D eigenvalue weighted by atomic mass is 9.98. The number of hydrogen-bond donors (Lipinski definition) is 1. The normalized spacial score (nSPS) is 11.5. The Balaban J connectivity index is 0. The van der Waals surface area contributed by atoms with Gasteiger partial charge < -0.3 is 5.73 Å². The largest absolute Gasteiger partial charge is 0.369 e. The minimum absolute atomic E-state index is 0.00926.